The first-order valence-electron chi connectivity index (χ1n) is 4.31. The maximum absolute atomic E-state index is 11.2. The van der Waals surface area contributed by atoms with Crippen LogP contribution in [0.1, 0.15) is 25.7 Å². The van der Waals surface area contributed by atoms with E-state index in [1.165, 1.54) is 0 Å². The first-order chi connectivity index (χ1) is 5.46. The lowest BCUT2D eigenvalue weighted by molar-refractivity contribution is 0.292. The van der Waals surface area contributed by atoms with Crippen LogP contribution in [-0.2, 0) is 4.57 Å². The molecule has 2 saturated carbocycles. The zero-order valence-electron chi connectivity index (χ0n) is 6.81. The summed E-state index contributed by atoms with van der Waals surface area (Å²) in [4.78, 5) is 18.3. The summed E-state index contributed by atoms with van der Waals surface area (Å²) in [6, 6.07) is 0. The van der Waals surface area contributed by atoms with E-state index in [0.717, 1.165) is 25.7 Å². The van der Waals surface area contributed by atoms with Gasteiger partial charge < -0.3 is 15.5 Å². The maximum atomic E-state index is 11.2. The summed E-state index contributed by atoms with van der Waals surface area (Å²) in [5, 5.41) is -1.17. The minimum absolute atomic E-state index is 0.0748. The molecule has 70 valence electrons. The molecule has 0 aliphatic heterocycles. The van der Waals surface area contributed by atoms with Crippen molar-refractivity contribution in [3.05, 3.63) is 0 Å². The summed E-state index contributed by atoms with van der Waals surface area (Å²) in [6.45, 7) is 0. The van der Waals surface area contributed by atoms with Crippen LogP contribution >= 0.6 is 7.60 Å². The fourth-order valence-corrected chi connectivity index (χ4v) is 3.37. The zero-order valence-corrected chi connectivity index (χ0v) is 7.70. The smallest absolute Gasteiger partial charge is 0.323 e. The van der Waals surface area contributed by atoms with Gasteiger partial charge in [-0.1, -0.05) is 0 Å². The second-order valence-corrected chi connectivity index (χ2v) is 5.84. The molecule has 0 spiro atoms. The van der Waals surface area contributed by atoms with Crippen molar-refractivity contribution in [2.45, 2.75) is 31.0 Å². The van der Waals surface area contributed by atoms with E-state index in [2.05, 4.69) is 0 Å². The van der Waals surface area contributed by atoms with Gasteiger partial charge in [0.25, 0.3) is 0 Å². The Morgan fingerprint density at radius 1 is 1.17 bits per heavy atom. The first-order valence-corrected chi connectivity index (χ1v) is 5.92. The van der Waals surface area contributed by atoms with Crippen molar-refractivity contribution >= 4 is 7.60 Å². The highest BCUT2D eigenvalue weighted by molar-refractivity contribution is 7.53. The SMILES string of the molecule is NC(C1CC1)(C1CC1)P(=O)(O)O. The number of nitrogens with two attached hydrogens (primary N) is 1. The fraction of sp³-hybridized carbons (Fsp3) is 1.00. The Balaban J connectivity index is 2.26. The average Bonchev–Trinajstić information content (AvgIpc) is 2.79. The van der Waals surface area contributed by atoms with Crippen molar-refractivity contribution in [3.63, 3.8) is 0 Å². The molecular weight excluding hydrogens is 177 g/mol. The summed E-state index contributed by atoms with van der Waals surface area (Å²) in [6.07, 6.45) is 3.55. The second kappa shape index (κ2) is 2.32. The fourth-order valence-electron chi connectivity index (χ4n) is 1.90. The Bertz CT molecular complexity index is 229. The average molecular weight is 191 g/mol. The molecule has 0 atom stereocenters. The Hall–Kier alpha value is 0.110. The summed E-state index contributed by atoms with van der Waals surface area (Å²) in [5.41, 5.74) is 5.82. The van der Waals surface area contributed by atoms with Gasteiger partial charge in [-0.05, 0) is 37.5 Å². The molecule has 4 nitrogen and oxygen atoms in total. The van der Waals surface area contributed by atoms with Gasteiger partial charge in [0.2, 0.25) is 0 Å². The molecular formula is C7H14NO3P. The van der Waals surface area contributed by atoms with Crippen molar-refractivity contribution in [2.75, 3.05) is 0 Å². The van der Waals surface area contributed by atoms with Crippen LogP contribution < -0.4 is 5.73 Å². The van der Waals surface area contributed by atoms with Gasteiger partial charge in [-0.2, -0.15) is 0 Å². The topological polar surface area (TPSA) is 83.6 Å². The lowest BCUT2D eigenvalue weighted by Crippen LogP contribution is -2.44. The van der Waals surface area contributed by atoms with Crippen LogP contribution in [0.2, 0.25) is 0 Å². The monoisotopic (exact) mass is 191 g/mol. The van der Waals surface area contributed by atoms with Gasteiger partial charge in [0, 0.05) is 0 Å². The minimum atomic E-state index is -4.10. The second-order valence-electron chi connectivity index (χ2n) is 3.98. The molecule has 0 radical (unpaired) electrons. The molecule has 5 heteroatoms. The molecule has 2 rings (SSSR count). The highest BCUT2D eigenvalue weighted by atomic mass is 31.2. The van der Waals surface area contributed by atoms with Gasteiger partial charge in [0.1, 0.15) is 5.28 Å². The Kier molecular flexibility index (Phi) is 1.68. The van der Waals surface area contributed by atoms with E-state index in [4.69, 9.17) is 15.5 Å². The van der Waals surface area contributed by atoms with Crippen LogP contribution in [0.3, 0.4) is 0 Å². The molecule has 4 N–H and O–H groups in total. The van der Waals surface area contributed by atoms with Crippen LogP contribution in [0.5, 0.6) is 0 Å². The van der Waals surface area contributed by atoms with Crippen LogP contribution in [0.15, 0.2) is 0 Å². The molecule has 0 aromatic heterocycles. The van der Waals surface area contributed by atoms with Crippen LogP contribution in [0, 0.1) is 11.8 Å². The van der Waals surface area contributed by atoms with Gasteiger partial charge in [-0.3, -0.25) is 4.57 Å². The predicted molar refractivity (Wildman–Crippen MR) is 44.4 cm³/mol. The Morgan fingerprint density at radius 3 is 1.67 bits per heavy atom. The molecule has 0 amide bonds. The molecule has 12 heavy (non-hydrogen) atoms. The predicted octanol–water partition coefficient (Wildman–Crippen LogP) is 0.639. The van der Waals surface area contributed by atoms with Crippen molar-refractivity contribution in [2.24, 2.45) is 17.6 Å². The van der Waals surface area contributed by atoms with E-state index < -0.39 is 12.9 Å². The lowest BCUT2D eigenvalue weighted by atomic mass is 10.1. The van der Waals surface area contributed by atoms with Crippen molar-refractivity contribution in [1.29, 1.82) is 0 Å². The molecule has 0 unspecified atom stereocenters. The van der Waals surface area contributed by atoms with Gasteiger partial charge in [-0.25, -0.2) is 0 Å². The van der Waals surface area contributed by atoms with Crippen LogP contribution in [-0.4, -0.2) is 15.1 Å². The Morgan fingerprint density at radius 2 is 1.50 bits per heavy atom. The molecule has 0 heterocycles. The van der Waals surface area contributed by atoms with Crippen LogP contribution in [0.4, 0.5) is 0 Å². The van der Waals surface area contributed by atoms with Crippen molar-refractivity contribution in [1.82, 2.24) is 0 Å². The molecule has 0 saturated heterocycles. The summed E-state index contributed by atoms with van der Waals surface area (Å²) < 4.78 is 11.2. The molecule has 2 aliphatic rings. The third kappa shape index (κ3) is 1.14. The van der Waals surface area contributed by atoms with E-state index in [0.29, 0.717) is 0 Å². The van der Waals surface area contributed by atoms with Crippen molar-refractivity contribution < 1.29 is 14.4 Å². The third-order valence-electron chi connectivity index (χ3n) is 2.97. The van der Waals surface area contributed by atoms with Gasteiger partial charge in [0.15, 0.2) is 0 Å². The minimum Gasteiger partial charge on any atom is -0.323 e. The van der Waals surface area contributed by atoms with E-state index in [1.807, 2.05) is 0 Å². The molecule has 2 fully saturated rings. The normalized spacial score (nSPS) is 25.9. The van der Waals surface area contributed by atoms with E-state index in [9.17, 15) is 4.57 Å². The summed E-state index contributed by atoms with van der Waals surface area (Å²) in [5.74, 6) is 0.150. The number of rotatable bonds is 3. The molecule has 0 aromatic rings. The van der Waals surface area contributed by atoms with Crippen molar-refractivity contribution in [3.8, 4) is 0 Å². The maximum Gasteiger partial charge on any atom is 0.345 e. The van der Waals surface area contributed by atoms with Gasteiger partial charge in [0.05, 0.1) is 0 Å². The largest absolute Gasteiger partial charge is 0.345 e. The van der Waals surface area contributed by atoms with Crippen LogP contribution in [0.25, 0.3) is 0 Å². The quantitative estimate of drug-likeness (QED) is 0.571. The summed E-state index contributed by atoms with van der Waals surface area (Å²) in [7, 11) is -4.10. The molecule has 0 bridgehead atoms. The molecule has 2 aliphatic carbocycles. The van der Waals surface area contributed by atoms with E-state index >= 15 is 0 Å². The summed E-state index contributed by atoms with van der Waals surface area (Å²) >= 11 is 0. The molecule has 0 aromatic carbocycles. The van der Waals surface area contributed by atoms with Gasteiger partial charge >= 0.3 is 7.60 Å². The first kappa shape index (κ1) is 8.70. The zero-order chi connectivity index (χ0) is 8.98. The lowest BCUT2D eigenvalue weighted by Gasteiger charge is -2.30. The van der Waals surface area contributed by atoms with E-state index in [1.54, 1.807) is 0 Å². The third-order valence-corrected chi connectivity index (χ3v) is 4.71. The van der Waals surface area contributed by atoms with E-state index in [-0.39, 0.29) is 11.8 Å². The van der Waals surface area contributed by atoms with Gasteiger partial charge in [-0.15, -0.1) is 0 Å². The number of hydrogen-bond donors (Lipinski definition) is 3. The number of hydrogen-bond acceptors (Lipinski definition) is 2. The highest BCUT2D eigenvalue weighted by Gasteiger charge is 2.61. The Labute approximate surface area is 71.3 Å². The standard InChI is InChI=1S/C7H14NO3P/c8-7(5-1-2-5,6-3-4-6)12(9,10)11/h5-6H,1-4,8H2,(H2,9,10,11). The highest BCUT2D eigenvalue weighted by Crippen LogP contribution is 2.66.